The van der Waals surface area contributed by atoms with Gasteiger partial charge >= 0.3 is 5.97 Å². The number of ether oxygens (including phenoxy) is 2. The molecule has 0 aromatic heterocycles. The quantitative estimate of drug-likeness (QED) is 0.566. The monoisotopic (exact) mass is 316 g/mol. The molecule has 126 valence electrons. The minimum absolute atomic E-state index is 0.334. The van der Waals surface area contributed by atoms with Crippen LogP contribution in [0.1, 0.15) is 58.4 Å². The molecule has 1 aromatic carbocycles. The molecule has 3 nitrogen and oxygen atoms in total. The van der Waals surface area contributed by atoms with Gasteiger partial charge in [-0.2, -0.15) is 0 Å². The Bertz CT molecular complexity index is 534. The average Bonchev–Trinajstić information content (AvgIpc) is 2.51. The lowest BCUT2D eigenvalue weighted by Crippen LogP contribution is -2.22. The van der Waals surface area contributed by atoms with Crippen LogP contribution in [0.2, 0.25) is 0 Å². The maximum Gasteiger partial charge on any atom is 0.331 e. The molecule has 0 radical (unpaired) electrons. The van der Waals surface area contributed by atoms with Crippen molar-refractivity contribution >= 4 is 12.0 Å². The van der Waals surface area contributed by atoms with E-state index < -0.39 is 5.60 Å². The first kappa shape index (κ1) is 17.6. The first-order valence-electron chi connectivity index (χ1n) is 8.57. The fourth-order valence-corrected chi connectivity index (χ4v) is 2.80. The summed E-state index contributed by atoms with van der Waals surface area (Å²) in [6.45, 7) is 6.34. The van der Waals surface area contributed by atoms with Crippen LogP contribution in [0.15, 0.2) is 30.3 Å². The van der Waals surface area contributed by atoms with Crippen LogP contribution < -0.4 is 4.74 Å². The molecule has 1 fully saturated rings. The lowest BCUT2D eigenvalue weighted by molar-refractivity contribution is -0.148. The molecule has 0 spiro atoms. The van der Waals surface area contributed by atoms with Crippen molar-refractivity contribution in [1.82, 2.24) is 0 Å². The van der Waals surface area contributed by atoms with Gasteiger partial charge in [0.05, 0.1) is 6.61 Å². The zero-order valence-electron chi connectivity index (χ0n) is 14.5. The first-order valence-corrected chi connectivity index (χ1v) is 8.57. The maximum atomic E-state index is 11.8. The van der Waals surface area contributed by atoms with Crippen molar-refractivity contribution in [2.24, 2.45) is 5.92 Å². The van der Waals surface area contributed by atoms with Crippen LogP contribution in [-0.4, -0.2) is 18.2 Å². The molecule has 23 heavy (non-hydrogen) atoms. The van der Waals surface area contributed by atoms with Crippen molar-refractivity contribution in [1.29, 1.82) is 0 Å². The molecule has 1 saturated carbocycles. The minimum atomic E-state index is -0.474. The van der Waals surface area contributed by atoms with E-state index in [1.807, 2.05) is 45.0 Å². The van der Waals surface area contributed by atoms with Gasteiger partial charge in [0.1, 0.15) is 11.4 Å². The van der Waals surface area contributed by atoms with Crippen LogP contribution in [0.4, 0.5) is 0 Å². The topological polar surface area (TPSA) is 35.5 Å². The van der Waals surface area contributed by atoms with Gasteiger partial charge in [0.25, 0.3) is 0 Å². The number of hydrogen-bond donors (Lipinski definition) is 0. The van der Waals surface area contributed by atoms with Crippen molar-refractivity contribution in [2.75, 3.05) is 6.61 Å². The van der Waals surface area contributed by atoms with Crippen molar-refractivity contribution in [2.45, 2.75) is 58.5 Å². The van der Waals surface area contributed by atoms with Crippen LogP contribution in [-0.2, 0) is 9.53 Å². The predicted molar refractivity (Wildman–Crippen MR) is 93.4 cm³/mol. The lowest BCUT2D eigenvalue weighted by atomic mass is 9.90. The fraction of sp³-hybridized carbons (Fsp3) is 0.550. The Kier molecular flexibility index (Phi) is 6.26. The molecule has 3 heteroatoms. The number of carbonyl (C=O) groups is 1. The number of hydrogen-bond acceptors (Lipinski definition) is 3. The summed E-state index contributed by atoms with van der Waals surface area (Å²) in [5.74, 6) is 1.16. The van der Waals surface area contributed by atoms with Gasteiger partial charge in [-0.1, -0.05) is 37.5 Å². The minimum Gasteiger partial charge on any atom is -0.493 e. The van der Waals surface area contributed by atoms with E-state index >= 15 is 0 Å². The van der Waals surface area contributed by atoms with Gasteiger partial charge in [-0.25, -0.2) is 4.79 Å². The molecule has 1 aromatic rings. The van der Waals surface area contributed by atoms with Gasteiger partial charge in [-0.05, 0) is 51.7 Å². The van der Waals surface area contributed by atoms with E-state index in [1.165, 1.54) is 38.2 Å². The number of carbonyl (C=O) groups excluding carboxylic acids is 1. The van der Waals surface area contributed by atoms with Gasteiger partial charge in [0.15, 0.2) is 0 Å². The van der Waals surface area contributed by atoms with Crippen LogP contribution in [0.5, 0.6) is 5.75 Å². The highest BCUT2D eigenvalue weighted by atomic mass is 16.6. The molecule has 0 N–H and O–H groups in total. The fourth-order valence-electron chi connectivity index (χ4n) is 2.80. The number of para-hydroxylation sites is 1. The highest BCUT2D eigenvalue weighted by Crippen LogP contribution is 2.26. The normalized spacial score (nSPS) is 16.5. The molecule has 2 rings (SSSR count). The summed E-state index contributed by atoms with van der Waals surface area (Å²) in [4.78, 5) is 11.8. The summed E-state index contributed by atoms with van der Waals surface area (Å²) in [6.07, 6.45) is 9.73. The van der Waals surface area contributed by atoms with Crippen LogP contribution in [0.3, 0.4) is 0 Å². The summed E-state index contributed by atoms with van der Waals surface area (Å²) in [6, 6.07) is 7.82. The largest absolute Gasteiger partial charge is 0.493 e. The Morgan fingerprint density at radius 3 is 2.57 bits per heavy atom. The Labute approximate surface area is 139 Å². The predicted octanol–water partition coefficient (Wildman–Crippen LogP) is 5.00. The Balaban J connectivity index is 1.95. The molecule has 1 aliphatic carbocycles. The summed E-state index contributed by atoms with van der Waals surface area (Å²) < 4.78 is 11.3. The number of benzene rings is 1. The van der Waals surface area contributed by atoms with Gasteiger partial charge in [0.2, 0.25) is 0 Å². The molecular formula is C20H28O3. The third-order valence-electron chi connectivity index (χ3n) is 3.92. The zero-order valence-corrected chi connectivity index (χ0v) is 14.5. The molecule has 0 unspecified atom stereocenters. The van der Waals surface area contributed by atoms with Gasteiger partial charge in [-0.3, -0.25) is 0 Å². The Morgan fingerprint density at radius 2 is 1.87 bits per heavy atom. The van der Waals surface area contributed by atoms with E-state index in [0.717, 1.165) is 17.9 Å². The third-order valence-corrected chi connectivity index (χ3v) is 3.92. The second-order valence-corrected chi connectivity index (χ2v) is 7.22. The van der Waals surface area contributed by atoms with Crippen molar-refractivity contribution < 1.29 is 14.3 Å². The molecule has 1 aliphatic rings. The number of rotatable bonds is 5. The standard InChI is InChI=1S/C20H28O3/c1-20(2,3)23-19(21)14-13-17-11-7-8-12-18(17)22-15-16-9-5-4-6-10-16/h7-8,11-14,16H,4-6,9-10,15H2,1-3H3/b14-13+. The molecule has 0 heterocycles. The second-order valence-electron chi connectivity index (χ2n) is 7.22. The van der Waals surface area contributed by atoms with Crippen molar-refractivity contribution in [3.8, 4) is 5.75 Å². The maximum absolute atomic E-state index is 11.8. The second kappa shape index (κ2) is 8.19. The van der Waals surface area contributed by atoms with Crippen LogP contribution >= 0.6 is 0 Å². The van der Waals surface area contributed by atoms with E-state index in [0.29, 0.717) is 5.92 Å². The summed E-state index contributed by atoms with van der Waals surface area (Å²) in [5.41, 5.74) is 0.437. The highest BCUT2D eigenvalue weighted by Gasteiger charge is 2.15. The third kappa shape index (κ3) is 6.47. The molecule has 0 atom stereocenters. The summed E-state index contributed by atoms with van der Waals surface area (Å²) >= 11 is 0. The van der Waals surface area contributed by atoms with E-state index in [-0.39, 0.29) is 5.97 Å². The number of esters is 1. The lowest BCUT2D eigenvalue weighted by Gasteiger charge is -2.22. The van der Waals surface area contributed by atoms with Crippen LogP contribution in [0.25, 0.3) is 6.08 Å². The van der Waals surface area contributed by atoms with Crippen molar-refractivity contribution in [3.05, 3.63) is 35.9 Å². The van der Waals surface area contributed by atoms with E-state index in [2.05, 4.69) is 0 Å². The summed E-state index contributed by atoms with van der Waals surface area (Å²) in [5, 5.41) is 0. The molecule has 0 amide bonds. The zero-order chi connectivity index (χ0) is 16.7. The SMILES string of the molecule is CC(C)(C)OC(=O)/C=C/c1ccccc1OCC1CCCCC1. The molecule has 0 saturated heterocycles. The van der Waals surface area contributed by atoms with E-state index in [1.54, 1.807) is 6.08 Å². The van der Waals surface area contributed by atoms with Crippen LogP contribution in [0, 0.1) is 5.92 Å². The molecule has 0 aliphatic heterocycles. The Hall–Kier alpha value is -1.77. The van der Waals surface area contributed by atoms with Gasteiger partial charge in [0, 0.05) is 11.6 Å². The Morgan fingerprint density at radius 1 is 1.17 bits per heavy atom. The van der Waals surface area contributed by atoms with Gasteiger partial charge in [-0.15, -0.1) is 0 Å². The van der Waals surface area contributed by atoms with E-state index in [9.17, 15) is 4.79 Å². The highest BCUT2D eigenvalue weighted by molar-refractivity contribution is 5.87. The van der Waals surface area contributed by atoms with Crippen molar-refractivity contribution in [3.63, 3.8) is 0 Å². The molecule has 0 bridgehead atoms. The van der Waals surface area contributed by atoms with Gasteiger partial charge < -0.3 is 9.47 Å². The smallest absolute Gasteiger partial charge is 0.331 e. The average molecular weight is 316 g/mol. The van der Waals surface area contributed by atoms with E-state index in [4.69, 9.17) is 9.47 Å². The first-order chi connectivity index (χ1) is 10.9. The molecular weight excluding hydrogens is 288 g/mol. The summed E-state index contributed by atoms with van der Waals surface area (Å²) in [7, 11) is 0.